The summed E-state index contributed by atoms with van der Waals surface area (Å²) in [6, 6.07) is 7.95. The molecule has 0 saturated carbocycles. The number of benzene rings is 1. The molecule has 1 aromatic carbocycles. The highest BCUT2D eigenvalue weighted by molar-refractivity contribution is 7.90. The number of amides is 1. The highest BCUT2D eigenvalue weighted by atomic mass is 32.2. The number of unbranched alkanes of at least 4 members (excludes halogenated alkanes) is 4. The minimum atomic E-state index is -3.79. The Balaban J connectivity index is 1.33. The number of carbonyl (C=O) groups excluding carboxylic acids is 1. The van der Waals surface area contributed by atoms with Gasteiger partial charge in [0.1, 0.15) is 0 Å². The zero-order valence-corrected chi connectivity index (χ0v) is 20.6. The fourth-order valence-electron chi connectivity index (χ4n) is 4.89. The molecule has 33 heavy (non-hydrogen) atoms. The van der Waals surface area contributed by atoms with E-state index in [0.717, 1.165) is 45.3 Å². The molecule has 1 N–H and O–H groups in total. The van der Waals surface area contributed by atoms with Crippen molar-refractivity contribution in [2.45, 2.75) is 88.2 Å². The third-order valence-electron chi connectivity index (χ3n) is 6.69. The fraction of sp³-hybridized carbons (Fsp3) is 0.654. The predicted octanol–water partition coefficient (Wildman–Crippen LogP) is 5.00. The van der Waals surface area contributed by atoms with Gasteiger partial charge in [0.05, 0.1) is 23.7 Å². The van der Waals surface area contributed by atoms with Gasteiger partial charge in [-0.25, -0.2) is 13.1 Å². The average molecular weight is 478 g/mol. The summed E-state index contributed by atoms with van der Waals surface area (Å²) in [5, 5.41) is 0. The summed E-state index contributed by atoms with van der Waals surface area (Å²) in [4.78, 5) is 12.1. The molecule has 1 aromatic rings. The summed E-state index contributed by atoms with van der Waals surface area (Å²) in [6.45, 7) is 3.86. The van der Waals surface area contributed by atoms with Crippen molar-refractivity contribution in [2.75, 3.05) is 13.2 Å². The monoisotopic (exact) mass is 477 g/mol. The summed E-state index contributed by atoms with van der Waals surface area (Å²) in [5.41, 5.74) is 0. The molecule has 2 aliphatic heterocycles. The maximum absolute atomic E-state index is 12.2. The predicted molar refractivity (Wildman–Crippen MR) is 129 cm³/mol. The minimum absolute atomic E-state index is 0.103. The standard InChI is InChI=1S/C26H39NO5S/c1-2-3-4-12-19-31-20-23-22(24-17-18-25(23)32-24)15-10-5-6-11-16-26(28)27-33(29,30)21-13-8-7-9-14-21/h5,7-10,13-14,22-25H,2-4,6,11-12,15-20H2,1H3,(H,27,28)/b10-5-/t22-,23+,24-,25+/m1/s1. The van der Waals surface area contributed by atoms with Gasteiger partial charge in [-0.3, -0.25) is 4.79 Å². The van der Waals surface area contributed by atoms with E-state index >= 15 is 0 Å². The number of sulfonamides is 1. The Hall–Kier alpha value is -1.70. The smallest absolute Gasteiger partial charge is 0.264 e. The molecule has 0 radical (unpaired) electrons. The number of hydrogen-bond donors (Lipinski definition) is 1. The van der Waals surface area contributed by atoms with Gasteiger partial charge in [0.15, 0.2) is 0 Å². The van der Waals surface area contributed by atoms with Crippen molar-refractivity contribution in [1.82, 2.24) is 4.72 Å². The molecule has 2 heterocycles. The van der Waals surface area contributed by atoms with E-state index in [1.54, 1.807) is 18.2 Å². The molecule has 2 aliphatic rings. The van der Waals surface area contributed by atoms with E-state index in [-0.39, 0.29) is 11.3 Å². The van der Waals surface area contributed by atoms with Gasteiger partial charge in [-0.2, -0.15) is 0 Å². The van der Waals surface area contributed by atoms with Gasteiger partial charge in [0.25, 0.3) is 10.0 Å². The van der Waals surface area contributed by atoms with Crippen LogP contribution in [0.5, 0.6) is 0 Å². The lowest BCUT2D eigenvalue weighted by Crippen LogP contribution is -2.30. The third-order valence-corrected chi connectivity index (χ3v) is 8.08. The number of nitrogens with one attached hydrogen (secondary N) is 1. The van der Waals surface area contributed by atoms with Crippen LogP contribution in [0, 0.1) is 11.8 Å². The van der Waals surface area contributed by atoms with E-state index in [1.807, 2.05) is 0 Å². The second-order valence-corrected chi connectivity index (χ2v) is 10.9. The average Bonchev–Trinajstić information content (AvgIpc) is 3.41. The fourth-order valence-corrected chi connectivity index (χ4v) is 5.92. The minimum Gasteiger partial charge on any atom is -0.381 e. The molecule has 2 bridgehead atoms. The molecule has 6 nitrogen and oxygen atoms in total. The van der Waals surface area contributed by atoms with Gasteiger partial charge < -0.3 is 9.47 Å². The maximum atomic E-state index is 12.2. The summed E-state index contributed by atoms with van der Waals surface area (Å²) < 4.78 is 38.7. The van der Waals surface area contributed by atoms with Crippen LogP contribution >= 0.6 is 0 Å². The van der Waals surface area contributed by atoms with Crippen LogP contribution in [0.2, 0.25) is 0 Å². The van der Waals surface area contributed by atoms with Gasteiger partial charge >= 0.3 is 0 Å². The van der Waals surface area contributed by atoms with Crippen LogP contribution in [-0.4, -0.2) is 39.7 Å². The van der Waals surface area contributed by atoms with Crippen molar-refractivity contribution < 1.29 is 22.7 Å². The number of fused-ring (bicyclic) bond motifs is 2. The molecule has 3 rings (SSSR count). The molecule has 7 heteroatoms. The third kappa shape index (κ3) is 7.94. The van der Waals surface area contributed by atoms with E-state index in [1.165, 1.54) is 31.4 Å². The van der Waals surface area contributed by atoms with Crippen LogP contribution in [0.4, 0.5) is 0 Å². The van der Waals surface area contributed by atoms with E-state index in [4.69, 9.17) is 9.47 Å². The van der Waals surface area contributed by atoms with Crippen LogP contribution in [0.15, 0.2) is 47.4 Å². The number of allylic oxidation sites excluding steroid dienone is 2. The second-order valence-electron chi connectivity index (χ2n) is 9.19. The Bertz CT molecular complexity index is 855. The number of carbonyl (C=O) groups is 1. The molecule has 2 saturated heterocycles. The van der Waals surface area contributed by atoms with Crippen molar-refractivity contribution in [2.24, 2.45) is 11.8 Å². The SMILES string of the molecule is CCCCCCOC[C@H]1[C@@H](C/C=C\CCCC(=O)NS(=O)(=O)c2ccccc2)[C@H]2CC[C@@H]1O2. The Labute approximate surface area is 199 Å². The van der Waals surface area contributed by atoms with Crippen LogP contribution in [0.25, 0.3) is 0 Å². The zero-order valence-electron chi connectivity index (χ0n) is 19.8. The summed E-state index contributed by atoms with van der Waals surface area (Å²) >= 11 is 0. The molecule has 0 spiro atoms. The van der Waals surface area contributed by atoms with Crippen molar-refractivity contribution in [1.29, 1.82) is 0 Å². The van der Waals surface area contributed by atoms with Gasteiger partial charge in [0.2, 0.25) is 5.91 Å². The van der Waals surface area contributed by atoms with Crippen molar-refractivity contribution in [3.8, 4) is 0 Å². The van der Waals surface area contributed by atoms with Gasteiger partial charge in [-0.05, 0) is 56.6 Å². The first-order valence-electron chi connectivity index (χ1n) is 12.5. The van der Waals surface area contributed by atoms with E-state index in [2.05, 4.69) is 23.8 Å². The Kier molecular flexibility index (Phi) is 10.4. The van der Waals surface area contributed by atoms with E-state index in [9.17, 15) is 13.2 Å². The molecule has 184 valence electrons. The highest BCUT2D eigenvalue weighted by Crippen LogP contribution is 2.45. The largest absolute Gasteiger partial charge is 0.381 e. The number of rotatable bonds is 15. The molecule has 0 aromatic heterocycles. The quantitative estimate of drug-likeness (QED) is 0.284. The molecule has 4 atom stereocenters. The first-order valence-corrected chi connectivity index (χ1v) is 14.0. The lowest BCUT2D eigenvalue weighted by atomic mass is 9.78. The van der Waals surface area contributed by atoms with Crippen molar-refractivity contribution >= 4 is 15.9 Å². The molecule has 0 unspecified atom stereocenters. The van der Waals surface area contributed by atoms with Crippen LogP contribution < -0.4 is 4.72 Å². The van der Waals surface area contributed by atoms with Crippen LogP contribution in [-0.2, 0) is 24.3 Å². The summed E-state index contributed by atoms with van der Waals surface area (Å²) in [5.74, 6) is 0.522. The van der Waals surface area contributed by atoms with Crippen molar-refractivity contribution in [3.63, 3.8) is 0 Å². The lowest BCUT2D eigenvalue weighted by molar-refractivity contribution is -0.119. The van der Waals surface area contributed by atoms with Crippen molar-refractivity contribution in [3.05, 3.63) is 42.5 Å². The highest BCUT2D eigenvalue weighted by Gasteiger charge is 2.48. The first-order chi connectivity index (χ1) is 16.0. The Morgan fingerprint density at radius 2 is 1.82 bits per heavy atom. The van der Waals surface area contributed by atoms with Crippen LogP contribution in [0.3, 0.4) is 0 Å². The molecular weight excluding hydrogens is 438 g/mol. The zero-order chi connectivity index (χ0) is 23.5. The topological polar surface area (TPSA) is 81.7 Å². The molecular formula is C26H39NO5S. The normalized spacial score (nSPS) is 24.5. The van der Waals surface area contributed by atoms with Gasteiger partial charge in [-0.1, -0.05) is 56.5 Å². The Morgan fingerprint density at radius 1 is 1.06 bits per heavy atom. The molecule has 2 fully saturated rings. The number of ether oxygens (including phenoxy) is 2. The molecule has 1 amide bonds. The second kappa shape index (κ2) is 13.3. The summed E-state index contributed by atoms with van der Waals surface area (Å²) in [6.07, 6.45) is 14.7. The van der Waals surface area contributed by atoms with Gasteiger partial charge in [-0.15, -0.1) is 0 Å². The summed E-state index contributed by atoms with van der Waals surface area (Å²) in [7, 11) is -3.79. The lowest BCUT2D eigenvalue weighted by Gasteiger charge is -2.27. The Morgan fingerprint density at radius 3 is 2.58 bits per heavy atom. The van der Waals surface area contributed by atoms with E-state index < -0.39 is 15.9 Å². The maximum Gasteiger partial charge on any atom is 0.264 e. The first kappa shape index (κ1) is 25.9. The van der Waals surface area contributed by atoms with Gasteiger partial charge in [0, 0.05) is 18.9 Å². The molecule has 0 aliphatic carbocycles. The van der Waals surface area contributed by atoms with Crippen LogP contribution in [0.1, 0.15) is 71.1 Å². The van der Waals surface area contributed by atoms with E-state index in [0.29, 0.717) is 30.5 Å². The number of hydrogen-bond acceptors (Lipinski definition) is 5.